The van der Waals surface area contributed by atoms with Gasteiger partial charge in [-0.3, -0.25) is 4.99 Å². The number of rotatable bonds is 2. The van der Waals surface area contributed by atoms with E-state index in [0.717, 1.165) is 22.2 Å². The SMILES string of the molecule is C=C[C@@]1(C)[C@H](Cl)C[C@@H]2C(C)(C)c3cccc4[nH]c5c(c34)[C@@]2(O)[C@]1(N=C)[C@H]1O[C@H]1C5(C)C. The number of nitrogens with zero attached hydrogens (tertiary/aromatic N) is 1. The Morgan fingerprint density at radius 3 is 2.55 bits per heavy atom. The average molecular weight is 439 g/mol. The third-order valence-electron chi connectivity index (χ3n) is 9.70. The second kappa shape index (κ2) is 5.30. The Morgan fingerprint density at radius 2 is 1.90 bits per heavy atom. The van der Waals surface area contributed by atoms with Crippen molar-refractivity contribution in [2.24, 2.45) is 16.3 Å². The summed E-state index contributed by atoms with van der Waals surface area (Å²) in [4.78, 5) is 8.54. The molecular weight excluding hydrogens is 408 g/mol. The van der Waals surface area contributed by atoms with Crippen LogP contribution in [-0.2, 0) is 21.2 Å². The zero-order valence-electron chi connectivity index (χ0n) is 18.9. The summed E-state index contributed by atoms with van der Waals surface area (Å²) in [5.74, 6) is -0.146. The second-order valence-corrected chi connectivity index (χ2v) is 12.0. The lowest BCUT2D eigenvalue weighted by molar-refractivity contribution is -0.180. The topological polar surface area (TPSA) is 60.9 Å². The Morgan fingerprint density at radius 1 is 1.19 bits per heavy atom. The number of benzene rings is 1. The van der Waals surface area contributed by atoms with Gasteiger partial charge in [0.05, 0.1) is 6.10 Å². The number of halogens is 1. The average Bonchev–Trinajstić information content (AvgIpc) is 3.43. The minimum Gasteiger partial charge on any atom is -0.382 e. The van der Waals surface area contributed by atoms with Crippen molar-refractivity contribution < 1.29 is 9.84 Å². The zero-order chi connectivity index (χ0) is 22.4. The van der Waals surface area contributed by atoms with E-state index in [1.807, 2.05) is 6.08 Å². The van der Waals surface area contributed by atoms with Gasteiger partial charge in [0, 0.05) is 44.3 Å². The summed E-state index contributed by atoms with van der Waals surface area (Å²) in [6, 6.07) is 6.42. The molecule has 7 atom stereocenters. The van der Waals surface area contributed by atoms with Crippen LogP contribution >= 0.6 is 11.6 Å². The number of hydrogen-bond donors (Lipinski definition) is 2. The summed E-state index contributed by atoms with van der Waals surface area (Å²) in [5.41, 5.74) is 0.690. The first kappa shape index (κ1) is 20.0. The number of aromatic nitrogens is 1. The van der Waals surface area contributed by atoms with Crippen LogP contribution in [0.4, 0.5) is 0 Å². The Labute approximate surface area is 188 Å². The van der Waals surface area contributed by atoms with E-state index in [4.69, 9.17) is 21.3 Å². The molecule has 1 saturated carbocycles. The van der Waals surface area contributed by atoms with Crippen LogP contribution in [0.5, 0.6) is 0 Å². The van der Waals surface area contributed by atoms with Crippen LogP contribution < -0.4 is 0 Å². The first-order valence-electron chi connectivity index (χ1n) is 11.2. The number of hydrogen-bond acceptors (Lipinski definition) is 3. The van der Waals surface area contributed by atoms with Crippen molar-refractivity contribution in [3.05, 3.63) is 47.7 Å². The molecule has 164 valence electrons. The van der Waals surface area contributed by atoms with Crippen molar-refractivity contribution in [1.82, 2.24) is 4.98 Å². The van der Waals surface area contributed by atoms with Crippen LogP contribution in [-0.4, -0.2) is 39.9 Å². The van der Waals surface area contributed by atoms with E-state index >= 15 is 0 Å². The number of H-pyrrole nitrogens is 1. The number of aliphatic hydroxyl groups is 1. The quantitative estimate of drug-likeness (QED) is 0.301. The predicted octanol–water partition coefficient (Wildman–Crippen LogP) is 4.96. The molecule has 1 saturated heterocycles. The lowest BCUT2D eigenvalue weighted by Gasteiger charge is -2.65. The molecule has 1 aromatic carbocycles. The lowest BCUT2D eigenvalue weighted by Crippen LogP contribution is -2.74. The van der Waals surface area contributed by atoms with Crippen molar-refractivity contribution in [3.63, 3.8) is 0 Å². The maximum atomic E-state index is 13.2. The summed E-state index contributed by atoms with van der Waals surface area (Å²) in [6.45, 7) is 19.2. The van der Waals surface area contributed by atoms with Crippen LogP contribution in [0.15, 0.2) is 35.8 Å². The van der Waals surface area contributed by atoms with Crippen molar-refractivity contribution in [2.45, 2.75) is 80.6 Å². The van der Waals surface area contributed by atoms with Gasteiger partial charge in [-0.05, 0) is 30.2 Å². The van der Waals surface area contributed by atoms with Gasteiger partial charge in [0.25, 0.3) is 0 Å². The fraction of sp³-hybridized carbons (Fsp3) is 0.577. The molecule has 0 unspecified atom stereocenters. The van der Waals surface area contributed by atoms with Gasteiger partial charge >= 0.3 is 0 Å². The smallest absolute Gasteiger partial charge is 0.132 e. The predicted molar refractivity (Wildman–Crippen MR) is 125 cm³/mol. The van der Waals surface area contributed by atoms with E-state index < -0.39 is 16.6 Å². The van der Waals surface area contributed by atoms with E-state index in [0.29, 0.717) is 6.42 Å². The largest absolute Gasteiger partial charge is 0.382 e. The highest BCUT2D eigenvalue weighted by Gasteiger charge is 2.82. The lowest BCUT2D eigenvalue weighted by atomic mass is 9.43. The first-order chi connectivity index (χ1) is 14.4. The molecule has 0 spiro atoms. The van der Waals surface area contributed by atoms with Gasteiger partial charge in [-0.2, -0.15) is 0 Å². The molecule has 4 aliphatic rings. The Balaban J connectivity index is 1.88. The molecule has 2 aromatic rings. The van der Waals surface area contributed by atoms with Gasteiger partial charge in [-0.15, -0.1) is 18.2 Å². The zero-order valence-corrected chi connectivity index (χ0v) is 19.7. The van der Waals surface area contributed by atoms with Crippen LogP contribution in [0.1, 0.15) is 57.9 Å². The molecule has 5 heteroatoms. The Hall–Kier alpha value is -1.62. The molecule has 4 nitrogen and oxygen atoms in total. The third kappa shape index (κ3) is 1.75. The van der Waals surface area contributed by atoms with Crippen LogP contribution in [0.25, 0.3) is 10.9 Å². The number of aliphatic imine (C=N–C) groups is 1. The van der Waals surface area contributed by atoms with Gasteiger partial charge in [-0.25, -0.2) is 0 Å². The number of ether oxygens (including phenoxy) is 1. The van der Waals surface area contributed by atoms with Gasteiger partial charge < -0.3 is 14.8 Å². The number of epoxide rings is 1. The van der Waals surface area contributed by atoms with Crippen molar-refractivity contribution in [2.75, 3.05) is 0 Å². The highest BCUT2D eigenvalue weighted by molar-refractivity contribution is 6.21. The maximum Gasteiger partial charge on any atom is 0.132 e. The molecule has 0 radical (unpaired) electrons. The maximum absolute atomic E-state index is 13.2. The number of nitrogens with one attached hydrogen (secondary N) is 1. The van der Waals surface area contributed by atoms with Crippen molar-refractivity contribution in [1.29, 1.82) is 0 Å². The highest BCUT2D eigenvalue weighted by Crippen LogP contribution is 2.73. The fourth-order valence-electron chi connectivity index (χ4n) is 7.86. The first-order valence-corrected chi connectivity index (χ1v) is 11.7. The molecule has 1 aromatic heterocycles. The summed E-state index contributed by atoms with van der Waals surface area (Å²) in [7, 11) is 0. The van der Waals surface area contributed by atoms with E-state index in [1.165, 1.54) is 5.56 Å². The van der Waals surface area contributed by atoms with Crippen LogP contribution in [0.3, 0.4) is 0 Å². The van der Waals surface area contributed by atoms with E-state index in [9.17, 15) is 5.11 Å². The van der Waals surface area contributed by atoms with Crippen LogP contribution in [0.2, 0.25) is 0 Å². The molecule has 3 aliphatic carbocycles. The third-order valence-corrected chi connectivity index (χ3v) is 10.3. The molecule has 0 amide bonds. The second-order valence-electron chi connectivity index (χ2n) is 11.5. The van der Waals surface area contributed by atoms with Gasteiger partial charge in [0.15, 0.2) is 0 Å². The number of alkyl halides is 1. The number of aromatic amines is 1. The minimum absolute atomic E-state index is 0.0922. The summed E-state index contributed by atoms with van der Waals surface area (Å²) in [5, 5.41) is 14.1. The molecule has 2 N–H and O–H groups in total. The molecule has 0 bridgehead atoms. The Bertz CT molecular complexity index is 1180. The van der Waals surface area contributed by atoms with E-state index in [2.05, 4.69) is 71.1 Å². The van der Waals surface area contributed by atoms with Crippen LogP contribution in [0, 0.1) is 11.3 Å². The standard InChI is InChI=1S/C26H31ClN2O2/c1-8-24(6)16(27)12-15-22(2,3)13-10-9-11-14-17(13)18-19(29-14)23(4,5)20-21(31-20)26(24,28-7)25(15,18)30/h8-11,15-16,20-21,29-30H,1,7,12H2,2-6H3/t15-,16-,20-,21+,24+,25-,26+/m1/s1. The van der Waals surface area contributed by atoms with E-state index in [1.54, 1.807) is 0 Å². The highest BCUT2D eigenvalue weighted by atomic mass is 35.5. The van der Waals surface area contributed by atoms with Gasteiger partial charge in [-0.1, -0.05) is 52.8 Å². The molecule has 1 aliphatic heterocycles. The molecular formula is C26H31ClN2O2. The summed E-state index contributed by atoms with van der Waals surface area (Å²) >= 11 is 7.17. The summed E-state index contributed by atoms with van der Waals surface area (Å²) in [6.07, 6.45) is 2.17. The summed E-state index contributed by atoms with van der Waals surface area (Å²) < 4.78 is 6.42. The molecule has 2 heterocycles. The van der Waals surface area contributed by atoms with Gasteiger partial charge in [0.1, 0.15) is 17.2 Å². The normalized spacial score (nSPS) is 45.5. The molecule has 31 heavy (non-hydrogen) atoms. The number of fused-ring (bicyclic) bond motifs is 2. The monoisotopic (exact) mass is 438 g/mol. The van der Waals surface area contributed by atoms with Crippen molar-refractivity contribution in [3.8, 4) is 0 Å². The minimum atomic E-state index is -1.29. The van der Waals surface area contributed by atoms with E-state index in [-0.39, 0.29) is 34.3 Å². The van der Waals surface area contributed by atoms with Gasteiger partial charge in [0.2, 0.25) is 0 Å². The Kier molecular flexibility index (Phi) is 3.42. The van der Waals surface area contributed by atoms with Crippen molar-refractivity contribution >= 4 is 29.2 Å². The molecule has 2 fully saturated rings. The molecule has 6 rings (SSSR count). The fourth-order valence-corrected chi connectivity index (χ4v) is 8.30.